The zero-order chi connectivity index (χ0) is 17.9. The van der Waals surface area contributed by atoms with Gasteiger partial charge in [-0.1, -0.05) is 17.3 Å². The Morgan fingerprint density at radius 3 is 2.80 bits per heavy atom. The molecule has 1 amide bonds. The second-order valence-corrected chi connectivity index (χ2v) is 6.64. The summed E-state index contributed by atoms with van der Waals surface area (Å²) in [6, 6.07) is 7.82. The Balaban J connectivity index is 1.64. The molecule has 2 heterocycles. The third-order valence-electron chi connectivity index (χ3n) is 4.44. The van der Waals surface area contributed by atoms with E-state index in [2.05, 4.69) is 5.16 Å². The van der Waals surface area contributed by atoms with Crippen LogP contribution in [0.4, 0.5) is 4.39 Å². The van der Waals surface area contributed by atoms with Crippen LogP contribution in [-0.2, 0) is 17.9 Å². The number of aliphatic hydroxyl groups is 1. The molecule has 1 saturated heterocycles. The first-order valence-corrected chi connectivity index (χ1v) is 8.30. The lowest BCUT2D eigenvalue weighted by molar-refractivity contribution is -0.160. The molecule has 25 heavy (non-hydrogen) atoms. The van der Waals surface area contributed by atoms with E-state index in [-0.39, 0.29) is 18.3 Å². The van der Waals surface area contributed by atoms with E-state index in [1.54, 1.807) is 29.3 Å². The van der Waals surface area contributed by atoms with Gasteiger partial charge >= 0.3 is 0 Å². The van der Waals surface area contributed by atoms with Crippen molar-refractivity contribution in [2.75, 3.05) is 20.1 Å². The molecular weight excluding hydrogens is 325 g/mol. The first-order chi connectivity index (χ1) is 12.0. The Kier molecular flexibility index (Phi) is 5.15. The average Bonchev–Trinajstić information content (AvgIpc) is 3.07. The van der Waals surface area contributed by atoms with Crippen molar-refractivity contribution in [3.05, 3.63) is 53.7 Å². The van der Waals surface area contributed by atoms with Gasteiger partial charge in [0.05, 0.1) is 12.7 Å². The van der Waals surface area contributed by atoms with Crippen molar-refractivity contribution in [3.63, 3.8) is 0 Å². The van der Waals surface area contributed by atoms with Gasteiger partial charge in [0.1, 0.15) is 5.82 Å². The van der Waals surface area contributed by atoms with E-state index in [0.717, 1.165) is 12.0 Å². The lowest BCUT2D eigenvalue weighted by Crippen LogP contribution is -2.57. The number of piperidine rings is 1. The fourth-order valence-electron chi connectivity index (χ4n) is 3.27. The predicted molar refractivity (Wildman–Crippen MR) is 88.8 cm³/mol. The second kappa shape index (κ2) is 7.33. The zero-order valence-corrected chi connectivity index (χ0v) is 14.2. The Morgan fingerprint density at radius 1 is 1.36 bits per heavy atom. The number of rotatable bonds is 6. The number of hydrogen-bond donors (Lipinski definition) is 1. The molecule has 0 unspecified atom stereocenters. The lowest BCUT2D eigenvalue weighted by atomic mass is 9.90. The summed E-state index contributed by atoms with van der Waals surface area (Å²) >= 11 is 0. The number of benzene rings is 1. The van der Waals surface area contributed by atoms with E-state index >= 15 is 0 Å². The first-order valence-electron chi connectivity index (χ1n) is 8.30. The molecule has 2 aromatic rings. The SMILES string of the molecule is CN(Cc1ccno1)C[C@]1(O)CCCN(Cc2ccc(F)cc2)C1=O. The monoisotopic (exact) mass is 347 g/mol. The minimum Gasteiger partial charge on any atom is -0.379 e. The van der Waals surface area contributed by atoms with Crippen LogP contribution in [0, 0.1) is 5.82 Å². The topological polar surface area (TPSA) is 69.8 Å². The van der Waals surface area contributed by atoms with Crippen molar-refractivity contribution in [1.82, 2.24) is 15.0 Å². The van der Waals surface area contributed by atoms with E-state index in [1.807, 2.05) is 11.9 Å². The highest BCUT2D eigenvalue weighted by molar-refractivity contribution is 5.86. The van der Waals surface area contributed by atoms with Gasteiger partial charge in [0.2, 0.25) is 0 Å². The lowest BCUT2D eigenvalue weighted by Gasteiger charge is -2.40. The van der Waals surface area contributed by atoms with Gasteiger partial charge in [-0.2, -0.15) is 0 Å². The predicted octanol–water partition coefficient (Wildman–Crippen LogP) is 1.80. The molecular formula is C18H22FN3O3. The smallest absolute Gasteiger partial charge is 0.256 e. The maximum atomic E-state index is 13.0. The van der Waals surface area contributed by atoms with Crippen molar-refractivity contribution < 1.29 is 18.8 Å². The van der Waals surface area contributed by atoms with Crippen molar-refractivity contribution in [2.24, 2.45) is 0 Å². The highest BCUT2D eigenvalue weighted by Crippen LogP contribution is 2.25. The molecule has 1 N–H and O–H groups in total. The second-order valence-electron chi connectivity index (χ2n) is 6.64. The summed E-state index contributed by atoms with van der Waals surface area (Å²) < 4.78 is 18.1. The number of aromatic nitrogens is 1. The maximum Gasteiger partial charge on any atom is 0.256 e. The molecule has 134 valence electrons. The minimum atomic E-state index is -1.42. The molecule has 1 aliphatic rings. The summed E-state index contributed by atoms with van der Waals surface area (Å²) in [6.45, 7) is 1.64. The standard InChI is InChI=1S/C18H22FN3O3/c1-21(12-16-7-9-20-25-16)13-18(24)8-2-10-22(17(18)23)11-14-3-5-15(19)6-4-14/h3-7,9,24H,2,8,10-13H2,1H3/t18-/m1/s1. The Labute approximate surface area is 145 Å². The highest BCUT2D eigenvalue weighted by atomic mass is 19.1. The van der Waals surface area contributed by atoms with Gasteiger partial charge in [-0.05, 0) is 37.6 Å². The summed E-state index contributed by atoms with van der Waals surface area (Å²) in [6.07, 6.45) is 2.71. The van der Waals surface area contributed by atoms with Gasteiger partial charge < -0.3 is 14.5 Å². The minimum absolute atomic E-state index is 0.215. The van der Waals surface area contributed by atoms with Crippen LogP contribution in [0.15, 0.2) is 41.1 Å². The molecule has 0 aliphatic carbocycles. The molecule has 3 rings (SSSR count). The van der Waals surface area contributed by atoms with Crippen LogP contribution < -0.4 is 0 Å². The van der Waals surface area contributed by atoms with Crippen LogP contribution in [0.2, 0.25) is 0 Å². The zero-order valence-electron chi connectivity index (χ0n) is 14.2. The largest absolute Gasteiger partial charge is 0.379 e. The van der Waals surface area contributed by atoms with Gasteiger partial charge in [0.15, 0.2) is 11.4 Å². The Hall–Kier alpha value is -2.25. The molecule has 0 saturated carbocycles. The van der Waals surface area contributed by atoms with Gasteiger partial charge in [0.25, 0.3) is 5.91 Å². The molecule has 1 aromatic carbocycles. The number of carbonyl (C=O) groups is 1. The first kappa shape index (κ1) is 17.6. The van der Waals surface area contributed by atoms with Crippen LogP contribution in [0.25, 0.3) is 0 Å². The normalized spacial score (nSPS) is 21.1. The average molecular weight is 347 g/mol. The number of amides is 1. The summed E-state index contributed by atoms with van der Waals surface area (Å²) in [4.78, 5) is 16.3. The van der Waals surface area contributed by atoms with Crippen LogP contribution in [0.3, 0.4) is 0 Å². The quantitative estimate of drug-likeness (QED) is 0.863. The molecule has 0 bridgehead atoms. The number of halogens is 1. The fraction of sp³-hybridized carbons (Fsp3) is 0.444. The van der Waals surface area contributed by atoms with Crippen LogP contribution >= 0.6 is 0 Å². The van der Waals surface area contributed by atoms with Crippen molar-refractivity contribution >= 4 is 5.91 Å². The van der Waals surface area contributed by atoms with E-state index in [1.165, 1.54) is 12.1 Å². The number of likely N-dealkylation sites (tertiary alicyclic amines) is 1. The molecule has 1 atom stereocenters. The number of nitrogens with zero attached hydrogens (tertiary/aromatic N) is 3. The molecule has 1 aromatic heterocycles. The van der Waals surface area contributed by atoms with Crippen LogP contribution in [-0.4, -0.2) is 51.7 Å². The van der Waals surface area contributed by atoms with Gasteiger partial charge in [-0.3, -0.25) is 9.69 Å². The summed E-state index contributed by atoms with van der Waals surface area (Å²) in [5, 5.41) is 14.5. The Morgan fingerprint density at radius 2 is 2.12 bits per heavy atom. The molecule has 7 heteroatoms. The maximum absolute atomic E-state index is 13.0. The third kappa shape index (κ3) is 4.24. The molecule has 1 fully saturated rings. The van der Waals surface area contributed by atoms with Gasteiger partial charge in [-0.15, -0.1) is 0 Å². The molecule has 1 aliphatic heterocycles. The number of hydrogen-bond acceptors (Lipinski definition) is 5. The molecule has 0 spiro atoms. The van der Waals surface area contributed by atoms with E-state index in [0.29, 0.717) is 31.8 Å². The Bertz CT molecular complexity index is 705. The van der Waals surface area contributed by atoms with Crippen LogP contribution in [0.1, 0.15) is 24.2 Å². The highest BCUT2D eigenvalue weighted by Gasteiger charge is 2.42. The van der Waals surface area contributed by atoms with E-state index in [9.17, 15) is 14.3 Å². The molecule has 6 nitrogen and oxygen atoms in total. The summed E-state index contributed by atoms with van der Waals surface area (Å²) in [5.41, 5.74) is -0.582. The summed E-state index contributed by atoms with van der Waals surface area (Å²) in [5.74, 6) is 0.0873. The molecule has 0 radical (unpaired) electrons. The van der Waals surface area contributed by atoms with E-state index < -0.39 is 5.60 Å². The number of carbonyl (C=O) groups excluding carboxylic acids is 1. The fourth-order valence-corrected chi connectivity index (χ4v) is 3.27. The van der Waals surface area contributed by atoms with Gasteiger partial charge in [-0.25, -0.2) is 4.39 Å². The third-order valence-corrected chi connectivity index (χ3v) is 4.44. The van der Waals surface area contributed by atoms with E-state index in [4.69, 9.17) is 4.52 Å². The summed E-state index contributed by atoms with van der Waals surface area (Å²) in [7, 11) is 1.83. The van der Waals surface area contributed by atoms with Crippen molar-refractivity contribution in [2.45, 2.75) is 31.5 Å². The van der Waals surface area contributed by atoms with Crippen LogP contribution in [0.5, 0.6) is 0 Å². The number of likely N-dealkylation sites (N-methyl/N-ethyl adjacent to an activating group) is 1. The van der Waals surface area contributed by atoms with Crippen molar-refractivity contribution in [3.8, 4) is 0 Å². The van der Waals surface area contributed by atoms with Crippen molar-refractivity contribution in [1.29, 1.82) is 0 Å². The van der Waals surface area contributed by atoms with Gasteiger partial charge in [0, 0.05) is 25.7 Å².